The topological polar surface area (TPSA) is 77.5 Å². The first kappa shape index (κ1) is 19.2. The minimum Gasteiger partial charge on any atom is -0.497 e. The summed E-state index contributed by atoms with van der Waals surface area (Å²) in [7, 11) is -2.05. The van der Waals surface area contributed by atoms with E-state index in [1.807, 2.05) is 0 Å². The van der Waals surface area contributed by atoms with Crippen molar-refractivity contribution in [1.82, 2.24) is 9.71 Å². The lowest BCUT2D eigenvalue weighted by molar-refractivity contribution is 0.412. The molecule has 140 valence electrons. The zero-order valence-corrected chi connectivity index (χ0v) is 16.0. The number of pyridine rings is 1. The minimum absolute atomic E-state index is 0.104. The Morgan fingerprint density at radius 1 is 1.00 bits per heavy atom. The third-order valence-electron chi connectivity index (χ3n) is 3.67. The van der Waals surface area contributed by atoms with Gasteiger partial charge >= 0.3 is 0 Å². The zero-order chi connectivity index (χ0) is 19.3. The average Bonchev–Trinajstić information content (AvgIpc) is 2.68. The number of sulfonamides is 1. The van der Waals surface area contributed by atoms with Gasteiger partial charge in [-0.25, -0.2) is 18.1 Å². The first-order chi connectivity index (χ1) is 13.0. The number of benzene rings is 2. The Kier molecular flexibility index (Phi) is 5.95. The number of nitrogens with one attached hydrogen (secondary N) is 1. The van der Waals surface area contributed by atoms with Crippen LogP contribution in [0.1, 0.15) is 5.56 Å². The highest BCUT2D eigenvalue weighted by atomic mass is 35.5. The molecular weight excluding hydrogens is 388 g/mol. The highest BCUT2D eigenvalue weighted by molar-refractivity contribution is 7.89. The molecule has 2 aromatic carbocycles. The van der Waals surface area contributed by atoms with Crippen LogP contribution < -0.4 is 14.2 Å². The Bertz CT molecular complexity index is 1010. The van der Waals surface area contributed by atoms with Crippen LogP contribution in [0, 0.1) is 0 Å². The molecule has 3 aromatic rings. The van der Waals surface area contributed by atoms with Crippen molar-refractivity contribution in [1.29, 1.82) is 0 Å². The fraction of sp³-hybridized carbons (Fsp3) is 0.105. The number of nitrogens with zero attached hydrogens (tertiary/aromatic N) is 1. The molecular formula is C19H17ClN2O4S. The summed E-state index contributed by atoms with van der Waals surface area (Å²) in [5, 5.41) is 0.475. The number of halogens is 1. The van der Waals surface area contributed by atoms with Crippen molar-refractivity contribution in [2.24, 2.45) is 0 Å². The van der Waals surface area contributed by atoms with E-state index in [0.29, 0.717) is 22.2 Å². The molecule has 0 spiro atoms. The van der Waals surface area contributed by atoms with E-state index in [2.05, 4.69) is 9.71 Å². The van der Waals surface area contributed by atoms with Crippen LogP contribution in [0.5, 0.6) is 17.4 Å². The molecule has 1 N–H and O–H groups in total. The van der Waals surface area contributed by atoms with Crippen molar-refractivity contribution in [2.45, 2.75) is 11.4 Å². The number of rotatable bonds is 7. The molecule has 0 bridgehead atoms. The highest BCUT2D eigenvalue weighted by Crippen LogP contribution is 2.23. The molecule has 1 heterocycles. The number of aromatic nitrogens is 1. The predicted octanol–water partition coefficient (Wildman–Crippen LogP) is 4.01. The molecule has 1 aromatic heterocycles. The fourth-order valence-electron chi connectivity index (χ4n) is 2.26. The van der Waals surface area contributed by atoms with E-state index in [9.17, 15) is 8.42 Å². The second-order valence-electron chi connectivity index (χ2n) is 5.56. The van der Waals surface area contributed by atoms with E-state index in [1.165, 1.54) is 24.3 Å². The molecule has 8 heteroatoms. The van der Waals surface area contributed by atoms with Gasteiger partial charge in [-0.3, -0.25) is 0 Å². The first-order valence-corrected chi connectivity index (χ1v) is 9.84. The fourth-order valence-corrected chi connectivity index (χ4v) is 3.40. The summed E-state index contributed by atoms with van der Waals surface area (Å²) >= 11 is 5.79. The van der Waals surface area contributed by atoms with Gasteiger partial charge in [0.2, 0.25) is 15.9 Å². The number of methoxy groups -OCH3 is 1. The standard InChI is InChI=1S/C19H17ClN2O4S/c1-25-16-4-6-17(7-5-16)26-19-12-14(10-11-21-19)13-22-27(23,24)18-8-2-15(20)3-9-18/h2-12,22H,13H2,1H3. The third kappa shape index (κ3) is 5.19. The summed E-state index contributed by atoms with van der Waals surface area (Å²) in [4.78, 5) is 4.29. The van der Waals surface area contributed by atoms with Gasteiger partial charge in [-0.05, 0) is 60.2 Å². The van der Waals surface area contributed by atoms with Crippen molar-refractivity contribution in [3.8, 4) is 17.4 Å². The molecule has 3 rings (SSSR count). The molecule has 0 aliphatic rings. The highest BCUT2D eigenvalue weighted by Gasteiger charge is 2.13. The van der Waals surface area contributed by atoms with Gasteiger partial charge in [-0.1, -0.05) is 11.6 Å². The lowest BCUT2D eigenvalue weighted by Crippen LogP contribution is -2.23. The SMILES string of the molecule is COc1ccc(Oc2cc(CNS(=O)(=O)c3ccc(Cl)cc3)ccn2)cc1. The molecule has 0 fully saturated rings. The van der Waals surface area contributed by atoms with Gasteiger partial charge in [0.25, 0.3) is 0 Å². The molecule has 0 aliphatic heterocycles. The quantitative estimate of drug-likeness (QED) is 0.643. The van der Waals surface area contributed by atoms with E-state index in [-0.39, 0.29) is 11.4 Å². The lowest BCUT2D eigenvalue weighted by Gasteiger charge is -2.09. The molecule has 0 saturated heterocycles. The maximum absolute atomic E-state index is 12.3. The van der Waals surface area contributed by atoms with Gasteiger partial charge in [0.1, 0.15) is 11.5 Å². The van der Waals surface area contributed by atoms with Gasteiger partial charge in [0, 0.05) is 23.8 Å². The Balaban J connectivity index is 1.67. The minimum atomic E-state index is -3.64. The summed E-state index contributed by atoms with van der Waals surface area (Å²) < 4.78 is 38.0. The van der Waals surface area contributed by atoms with Crippen molar-refractivity contribution >= 4 is 21.6 Å². The maximum atomic E-state index is 12.3. The zero-order valence-electron chi connectivity index (χ0n) is 14.4. The molecule has 0 unspecified atom stereocenters. The first-order valence-electron chi connectivity index (χ1n) is 7.98. The van der Waals surface area contributed by atoms with Gasteiger partial charge in [-0.2, -0.15) is 0 Å². The molecule has 0 amide bonds. The van der Waals surface area contributed by atoms with E-state index in [1.54, 1.807) is 49.7 Å². The van der Waals surface area contributed by atoms with Crippen molar-refractivity contribution in [3.05, 3.63) is 77.4 Å². The van der Waals surface area contributed by atoms with Crippen LogP contribution >= 0.6 is 11.6 Å². The predicted molar refractivity (Wildman–Crippen MR) is 103 cm³/mol. The van der Waals surface area contributed by atoms with Gasteiger partial charge in [-0.15, -0.1) is 0 Å². The van der Waals surface area contributed by atoms with Crippen LogP contribution in [-0.2, 0) is 16.6 Å². The second kappa shape index (κ2) is 8.39. The molecule has 0 saturated carbocycles. The number of hydrogen-bond donors (Lipinski definition) is 1. The van der Waals surface area contributed by atoms with E-state index < -0.39 is 10.0 Å². The van der Waals surface area contributed by atoms with E-state index in [0.717, 1.165) is 5.75 Å². The molecule has 27 heavy (non-hydrogen) atoms. The van der Waals surface area contributed by atoms with Gasteiger partial charge in [0.15, 0.2) is 0 Å². The maximum Gasteiger partial charge on any atom is 0.240 e. The summed E-state index contributed by atoms with van der Waals surface area (Å²) in [6.45, 7) is 0.104. The van der Waals surface area contributed by atoms with Crippen LogP contribution in [-0.4, -0.2) is 20.5 Å². The normalized spacial score (nSPS) is 11.2. The van der Waals surface area contributed by atoms with Gasteiger partial charge < -0.3 is 9.47 Å². The Morgan fingerprint density at radius 3 is 2.33 bits per heavy atom. The van der Waals surface area contributed by atoms with Crippen LogP contribution in [0.25, 0.3) is 0 Å². The second-order valence-corrected chi connectivity index (χ2v) is 7.76. The van der Waals surface area contributed by atoms with Crippen molar-refractivity contribution in [2.75, 3.05) is 7.11 Å². The van der Waals surface area contributed by atoms with Crippen molar-refractivity contribution in [3.63, 3.8) is 0 Å². The van der Waals surface area contributed by atoms with Crippen molar-refractivity contribution < 1.29 is 17.9 Å². The summed E-state index contributed by atoms with van der Waals surface area (Å²) in [6, 6.07) is 16.4. The monoisotopic (exact) mass is 404 g/mol. The smallest absolute Gasteiger partial charge is 0.240 e. The lowest BCUT2D eigenvalue weighted by atomic mass is 10.3. The third-order valence-corrected chi connectivity index (χ3v) is 5.34. The van der Waals surface area contributed by atoms with Crippen LogP contribution in [0.2, 0.25) is 5.02 Å². The summed E-state index contributed by atoms with van der Waals surface area (Å²) in [5.74, 6) is 1.69. The van der Waals surface area contributed by atoms with Crippen LogP contribution in [0.15, 0.2) is 71.8 Å². The summed E-state index contributed by atoms with van der Waals surface area (Å²) in [6.07, 6.45) is 1.56. The Morgan fingerprint density at radius 2 is 1.67 bits per heavy atom. The summed E-state index contributed by atoms with van der Waals surface area (Å²) in [5.41, 5.74) is 0.714. The molecule has 6 nitrogen and oxygen atoms in total. The average molecular weight is 405 g/mol. The largest absolute Gasteiger partial charge is 0.497 e. The van der Waals surface area contributed by atoms with E-state index >= 15 is 0 Å². The molecule has 0 atom stereocenters. The number of ether oxygens (including phenoxy) is 2. The molecule has 0 radical (unpaired) electrons. The van der Waals surface area contributed by atoms with Crippen LogP contribution in [0.4, 0.5) is 0 Å². The van der Waals surface area contributed by atoms with E-state index in [4.69, 9.17) is 21.1 Å². The Labute approximate surface area is 162 Å². The molecule has 0 aliphatic carbocycles. The van der Waals surface area contributed by atoms with Gasteiger partial charge in [0.05, 0.1) is 12.0 Å². The van der Waals surface area contributed by atoms with Crippen LogP contribution in [0.3, 0.4) is 0 Å². The Hall–Kier alpha value is -2.61. The number of hydrogen-bond acceptors (Lipinski definition) is 5.